The van der Waals surface area contributed by atoms with E-state index in [0.717, 1.165) is 5.56 Å². The molecule has 0 spiro atoms. The number of hydrogen-bond donors (Lipinski definition) is 1. The first kappa shape index (κ1) is 22.1. The summed E-state index contributed by atoms with van der Waals surface area (Å²) in [5.41, 5.74) is 0.653. The molecular weight excluding hydrogens is 370 g/mol. The number of para-hydroxylation sites is 1. The molecule has 0 fully saturated rings. The molecular formula is C22H27N3O4. The summed E-state index contributed by atoms with van der Waals surface area (Å²) in [6.07, 6.45) is -0.156. The third-order valence-electron chi connectivity index (χ3n) is 4.39. The third-order valence-corrected chi connectivity index (χ3v) is 4.39. The van der Waals surface area contributed by atoms with Crippen LogP contribution in [0.15, 0.2) is 54.6 Å². The summed E-state index contributed by atoms with van der Waals surface area (Å²) < 4.78 is 0. The van der Waals surface area contributed by atoms with Crippen LogP contribution in [0.25, 0.3) is 0 Å². The first-order valence-electron chi connectivity index (χ1n) is 9.46. The molecule has 0 aromatic heterocycles. The Kier molecular flexibility index (Phi) is 7.09. The van der Waals surface area contributed by atoms with Gasteiger partial charge >= 0.3 is 0 Å². The topological polar surface area (TPSA) is 92.6 Å². The predicted molar refractivity (Wildman–Crippen MR) is 111 cm³/mol. The van der Waals surface area contributed by atoms with Gasteiger partial charge < -0.3 is 10.2 Å². The molecule has 2 amide bonds. The van der Waals surface area contributed by atoms with Crippen LogP contribution in [0, 0.1) is 10.1 Å². The Labute approximate surface area is 170 Å². The van der Waals surface area contributed by atoms with E-state index in [2.05, 4.69) is 5.32 Å². The van der Waals surface area contributed by atoms with Crippen LogP contribution in [0.5, 0.6) is 0 Å². The second-order valence-corrected chi connectivity index (χ2v) is 7.99. The van der Waals surface area contributed by atoms with Crippen molar-refractivity contribution in [2.75, 3.05) is 0 Å². The maximum absolute atomic E-state index is 13.1. The summed E-state index contributed by atoms with van der Waals surface area (Å²) >= 11 is 0. The molecule has 0 radical (unpaired) electrons. The van der Waals surface area contributed by atoms with Crippen LogP contribution in [-0.2, 0) is 22.6 Å². The molecule has 0 saturated heterocycles. The molecule has 2 aromatic carbocycles. The SMILES string of the molecule is CC(C(=O)NC(C)(C)C)N(Cc1ccccc1)C(=O)Cc1ccccc1[N+](=O)[O-]. The van der Waals surface area contributed by atoms with Gasteiger partial charge in [0.05, 0.1) is 11.3 Å². The summed E-state index contributed by atoms with van der Waals surface area (Å²) in [5, 5.41) is 14.2. The van der Waals surface area contributed by atoms with E-state index < -0.39 is 16.5 Å². The molecule has 29 heavy (non-hydrogen) atoms. The van der Waals surface area contributed by atoms with Crippen molar-refractivity contribution in [3.8, 4) is 0 Å². The van der Waals surface area contributed by atoms with Gasteiger partial charge in [0.15, 0.2) is 0 Å². The van der Waals surface area contributed by atoms with E-state index in [-0.39, 0.29) is 30.5 Å². The number of nitro groups is 1. The van der Waals surface area contributed by atoms with Gasteiger partial charge in [0.1, 0.15) is 6.04 Å². The van der Waals surface area contributed by atoms with Crippen LogP contribution in [-0.4, -0.2) is 33.2 Å². The minimum Gasteiger partial charge on any atom is -0.350 e. The molecule has 0 bridgehead atoms. The van der Waals surface area contributed by atoms with Crippen LogP contribution in [0.4, 0.5) is 5.69 Å². The number of benzene rings is 2. The van der Waals surface area contributed by atoms with Crippen LogP contribution >= 0.6 is 0 Å². The fourth-order valence-electron chi connectivity index (χ4n) is 2.94. The lowest BCUT2D eigenvalue weighted by atomic mass is 10.1. The lowest BCUT2D eigenvalue weighted by Crippen LogP contribution is -2.52. The summed E-state index contributed by atoms with van der Waals surface area (Å²) in [6.45, 7) is 7.51. The second kappa shape index (κ2) is 9.32. The van der Waals surface area contributed by atoms with Crippen molar-refractivity contribution in [3.63, 3.8) is 0 Å². The van der Waals surface area contributed by atoms with Crippen molar-refractivity contribution >= 4 is 17.5 Å². The standard InChI is InChI=1S/C22H27N3O4/c1-16(21(27)23-22(2,3)4)24(15-17-10-6-5-7-11-17)20(26)14-18-12-8-9-13-19(18)25(28)29/h5-13,16H,14-15H2,1-4H3,(H,23,27). The maximum Gasteiger partial charge on any atom is 0.273 e. The number of hydrogen-bond acceptors (Lipinski definition) is 4. The van der Waals surface area contributed by atoms with Gasteiger partial charge in [-0.05, 0) is 33.3 Å². The average molecular weight is 397 g/mol. The number of carbonyl (C=O) groups is 2. The predicted octanol–water partition coefficient (Wildman–Crippen LogP) is 3.47. The maximum atomic E-state index is 13.1. The van der Waals surface area contributed by atoms with Gasteiger partial charge in [0.25, 0.3) is 5.69 Å². The first-order chi connectivity index (χ1) is 13.6. The summed E-state index contributed by atoms with van der Waals surface area (Å²) in [4.78, 5) is 38.1. The largest absolute Gasteiger partial charge is 0.350 e. The molecule has 0 saturated carbocycles. The van der Waals surface area contributed by atoms with E-state index in [1.807, 2.05) is 51.1 Å². The summed E-state index contributed by atoms with van der Waals surface area (Å²) in [6, 6.07) is 14.8. The van der Waals surface area contributed by atoms with Crippen LogP contribution in [0.2, 0.25) is 0 Å². The Morgan fingerprint density at radius 1 is 1.07 bits per heavy atom. The minimum absolute atomic E-state index is 0.104. The minimum atomic E-state index is -0.732. The number of carbonyl (C=O) groups excluding carboxylic acids is 2. The highest BCUT2D eigenvalue weighted by molar-refractivity contribution is 5.88. The van der Waals surface area contributed by atoms with E-state index in [1.54, 1.807) is 25.1 Å². The molecule has 2 rings (SSSR count). The van der Waals surface area contributed by atoms with Gasteiger partial charge in [-0.3, -0.25) is 19.7 Å². The Hall–Kier alpha value is -3.22. The zero-order chi connectivity index (χ0) is 21.6. The van der Waals surface area contributed by atoms with Gasteiger partial charge in [-0.15, -0.1) is 0 Å². The quantitative estimate of drug-likeness (QED) is 0.572. The highest BCUT2D eigenvalue weighted by atomic mass is 16.6. The van der Waals surface area contributed by atoms with Crippen molar-refractivity contribution in [1.29, 1.82) is 0 Å². The zero-order valence-corrected chi connectivity index (χ0v) is 17.2. The fraction of sp³-hybridized carbons (Fsp3) is 0.364. The molecule has 7 nitrogen and oxygen atoms in total. The molecule has 1 unspecified atom stereocenters. The molecule has 7 heteroatoms. The summed E-state index contributed by atoms with van der Waals surface area (Å²) in [5.74, 6) is -0.621. The normalized spacial score (nSPS) is 12.1. The number of amides is 2. The van der Waals surface area contributed by atoms with Crippen LogP contribution in [0.1, 0.15) is 38.8 Å². The molecule has 0 aliphatic heterocycles. The van der Waals surface area contributed by atoms with Gasteiger partial charge in [-0.25, -0.2) is 0 Å². The molecule has 1 N–H and O–H groups in total. The van der Waals surface area contributed by atoms with E-state index in [4.69, 9.17) is 0 Å². The van der Waals surface area contributed by atoms with E-state index >= 15 is 0 Å². The Bertz CT molecular complexity index is 875. The Morgan fingerprint density at radius 3 is 2.24 bits per heavy atom. The van der Waals surface area contributed by atoms with Crippen LogP contribution in [0.3, 0.4) is 0 Å². The molecule has 0 aliphatic rings. The molecule has 0 heterocycles. The highest BCUT2D eigenvalue weighted by Gasteiger charge is 2.29. The highest BCUT2D eigenvalue weighted by Crippen LogP contribution is 2.20. The van der Waals surface area contributed by atoms with Crippen molar-refractivity contribution in [3.05, 3.63) is 75.8 Å². The first-order valence-corrected chi connectivity index (χ1v) is 9.46. The van der Waals surface area contributed by atoms with Gasteiger partial charge in [-0.1, -0.05) is 48.5 Å². The molecule has 154 valence electrons. The number of nitro benzene ring substituents is 1. The van der Waals surface area contributed by atoms with Crippen molar-refractivity contribution in [1.82, 2.24) is 10.2 Å². The van der Waals surface area contributed by atoms with Crippen molar-refractivity contribution in [2.24, 2.45) is 0 Å². The molecule has 0 aliphatic carbocycles. The zero-order valence-electron chi connectivity index (χ0n) is 17.2. The lowest BCUT2D eigenvalue weighted by molar-refractivity contribution is -0.385. The van der Waals surface area contributed by atoms with E-state index in [0.29, 0.717) is 5.56 Å². The second-order valence-electron chi connectivity index (χ2n) is 7.99. The third kappa shape index (κ3) is 6.41. The van der Waals surface area contributed by atoms with Crippen molar-refractivity contribution < 1.29 is 14.5 Å². The Balaban J connectivity index is 2.30. The monoisotopic (exact) mass is 397 g/mol. The van der Waals surface area contributed by atoms with Gasteiger partial charge in [0, 0.05) is 23.7 Å². The fourth-order valence-corrected chi connectivity index (χ4v) is 2.94. The molecule has 1 atom stereocenters. The van der Waals surface area contributed by atoms with E-state index in [9.17, 15) is 19.7 Å². The van der Waals surface area contributed by atoms with E-state index in [1.165, 1.54) is 11.0 Å². The smallest absolute Gasteiger partial charge is 0.273 e. The molecule has 2 aromatic rings. The number of nitrogens with one attached hydrogen (secondary N) is 1. The average Bonchev–Trinajstić information content (AvgIpc) is 2.65. The Morgan fingerprint density at radius 2 is 1.66 bits per heavy atom. The van der Waals surface area contributed by atoms with Crippen molar-refractivity contribution in [2.45, 2.75) is 52.2 Å². The number of nitrogens with zero attached hydrogens (tertiary/aromatic N) is 2. The van der Waals surface area contributed by atoms with Gasteiger partial charge in [-0.2, -0.15) is 0 Å². The van der Waals surface area contributed by atoms with Crippen LogP contribution < -0.4 is 5.32 Å². The van der Waals surface area contributed by atoms with Gasteiger partial charge in [0.2, 0.25) is 11.8 Å². The lowest BCUT2D eigenvalue weighted by Gasteiger charge is -2.31. The summed E-state index contributed by atoms with van der Waals surface area (Å²) in [7, 11) is 0. The number of rotatable bonds is 7.